The van der Waals surface area contributed by atoms with Gasteiger partial charge in [0.2, 0.25) is 5.91 Å². The van der Waals surface area contributed by atoms with Crippen LogP contribution in [0.25, 0.3) is 0 Å². The zero-order valence-electron chi connectivity index (χ0n) is 20.7. The fraction of sp³-hybridized carbons (Fsp3) is 0.950. The molecular formula is C20H35NO16S. The summed E-state index contributed by atoms with van der Waals surface area (Å²) in [7, 11) is -4.96. The van der Waals surface area contributed by atoms with E-state index in [1.54, 1.807) is 0 Å². The van der Waals surface area contributed by atoms with Gasteiger partial charge < -0.3 is 59.6 Å². The lowest BCUT2D eigenvalue weighted by Gasteiger charge is -2.49. The number of aliphatic hydroxyl groups is 6. The Labute approximate surface area is 218 Å². The molecule has 0 radical (unpaired) electrons. The highest BCUT2D eigenvalue weighted by Crippen LogP contribution is 2.33. The van der Waals surface area contributed by atoms with Crippen LogP contribution in [0.15, 0.2) is 0 Å². The summed E-state index contributed by atoms with van der Waals surface area (Å²) in [6.45, 7) is 3.23. The number of hydrogen-bond acceptors (Lipinski definition) is 15. The predicted octanol–water partition coefficient (Wildman–Crippen LogP) is -4.52. The fourth-order valence-corrected chi connectivity index (χ4v) is 5.09. The van der Waals surface area contributed by atoms with Gasteiger partial charge in [-0.15, -0.1) is 0 Å². The van der Waals surface area contributed by atoms with Crippen molar-refractivity contribution in [1.29, 1.82) is 0 Å². The largest absolute Gasteiger partial charge is 0.397 e. The van der Waals surface area contributed by atoms with E-state index in [4.69, 9.17) is 28.2 Å². The van der Waals surface area contributed by atoms with Crippen LogP contribution >= 0.6 is 0 Å². The maximum Gasteiger partial charge on any atom is 0.397 e. The van der Waals surface area contributed by atoms with Crippen LogP contribution in [0, 0.1) is 0 Å². The third-order valence-electron chi connectivity index (χ3n) is 6.44. The molecule has 0 bridgehead atoms. The van der Waals surface area contributed by atoms with Crippen molar-refractivity contribution in [3.05, 3.63) is 0 Å². The van der Waals surface area contributed by atoms with E-state index in [0.717, 1.165) is 6.92 Å². The molecular weight excluding hydrogens is 542 g/mol. The van der Waals surface area contributed by atoms with Gasteiger partial charge in [0.1, 0.15) is 54.9 Å². The Morgan fingerprint density at radius 1 is 0.921 bits per heavy atom. The number of nitrogens with one attached hydrogen (secondary N) is 1. The van der Waals surface area contributed by atoms with Crippen molar-refractivity contribution in [3.63, 3.8) is 0 Å². The molecule has 0 aromatic carbocycles. The van der Waals surface area contributed by atoms with Crippen LogP contribution in [0.1, 0.15) is 27.2 Å². The van der Waals surface area contributed by atoms with E-state index in [0.29, 0.717) is 0 Å². The third-order valence-corrected chi connectivity index (χ3v) is 6.93. The van der Waals surface area contributed by atoms with Crippen LogP contribution in [-0.4, -0.2) is 142 Å². The topological polar surface area (TPSA) is 260 Å². The van der Waals surface area contributed by atoms with Gasteiger partial charge in [0, 0.05) is 13.3 Å². The monoisotopic (exact) mass is 577 g/mol. The average Bonchev–Trinajstić information content (AvgIpc) is 2.81. The van der Waals surface area contributed by atoms with Crippen LogP contribution < -0.4 is 5.32 Å². The first-order valence-corrected chi connectivity index (χ1v) is 13.2. The molecule has 0 aliphatic carbocycles. The molecule has 3 fully saturated rings. The van der Waals surface area contributed by atoms with E-state index in [9.17, 15) is 43.9 Å². The number of carbonyl (C=O) groups excluding carboxylic acids is 1. The summed E-state index contributed by atoms with van der Waals surface area (Å²) in [6.07, 6.45) is -19.6. The Balaban J connectivity index is 1.92. The van der Waals surface area contributed by atoms with Gasteiger partial charge in [-0.05, 0) is 13.8 Å². The number of ether oxygens (including phenoxy) is 5. The van der Waals surface area contributed by atoms with E-state index in [1.807, 2.05) is 0 Å². The molecule has 3 aliphatic rings. The lowest BCUT2D eigenvalue weighted by molar-refractivity contribution is -0.363. The fourth-order valence-electron chi connectivity index (χ4n) is 4.59. The Bertz CT molecular complexity index is 907. The number of rotatable bonds is 8. The molecule has 0 aromatic rings. The molecule has 38 heavy (non-hydrogen) atoms. The maximum absolute atomic E-state index is 11.9. The molecule has 3 heterocycles. The van der Waals surface area contributed by atoms with Gasteiger partial charge in [-0.25, -0.2) is 4.18 Å². The second-order valence-corrected chi connectivity index (χ2v) is 10.5. The molecule has 3 aliphatic heterocycles. The first-order chi connectivity index (χ1) is 17.6. The van der Waals surface area contributed by atoms with Crippen molar-refractivity contribution >= 4 is 16.3 Å². The van der Waals surface area contributed by atoms with Crippen LogP contribution in [0.2, 0.25) is 0 Å². The van der Waals surface area contributed by atoms with Crippen LogP contribution in [0.5, 0.6) is 0 Å². The summed E-state index contributed by atoms with van der Waals surface area (Å²) in [5.41, 5.74) is 0. The van der Waals surface area contributed by atoms with Crippen LogP contribution in [0.3, 0.4) is 0 Å². The zero-order valence-corrected chi connectivity index (χ0v) is 21.5. The Morgan fingerprint density at radius 3 is 2.11 bits per heavy atom. The van der Waals surface area contributed by atoms with E-state index in [1.165, 1.54) is 13.8 Å². The average molecular weight is 578 g/mol. The summed E-state index contributed by atoms with van der Waals surface area (Å²) in [4.78, 5) is 11.9. The number of hydrogen-bond donors (Lipinski definition) is 8. The minimum atomic E-state index is -4.96. The van der Waals surface area contributed by atoms with E-state index < -0.39 is 109 Å². The summed E-state index contributed by atoms with van der Waals surface area (Å²) >= 11 is 0. The minimum Gasteiger partial charge on any atom is -0.394 e. The second kappa shape index (κ2) is 12.6. The quantitative estimate of drug-likeness (QED) is 0.126. The highest BCUT2D eigenvalue weighted by molar-refractivity contribution is 7.80. The minimum absolute atomic E-state index is 0.154. The smallest absolute Gasteiger partial charge is 0.394 e. The summed E-state index contributed by atoms with van der Waals surface area (Å²) in [5, 5.41) is 64.2. The number of amides is 1. The summed E-state index contributed by atoms with van der Waals surface area (Å²) in [6, 6.07) is -1.42. The van der Waals surface area contributed by atoms with Crippen molar-refractivity contribution in [2.45, 2.75) is 113 Å². The molecule has 14 atom stereocenters. The second-order valence-electron chi connectivity index (χ2n) is 9.46. The summed E-state index contributed by atoms with van der Waals surface area (Å²) < 4.78 is 64.1. The van der Waals surface area contributed by atoms with Crippen molar-refractivity contribution in [1.82, 2.24) is 5.32 Å². The molecule has 0 saturated carbocycles. The van der Waals surface area contributed by atoms with E-state index in [2.05, 4.69) is 9.50 Å². The first-order valence-electron chi connectivity index (χ1n) is 11.8. The van der Waals surface area contributed by atoms with Crippen molar-refractivity contribution in [3.8, 4) is 0 Å². The molecule has 0 spiro atoms. The first kappa shape index (κ1) is 31.4. The van der Waals surface area contributed by atoms with Crippen LogP contribution in [-0.2, 0) is 43.1 Å². The molecule has 17 nitrogen and oxygen atoms in total. The van der Waals surface area contributed by atoms with E-state index >= 15 is 0 Å². The normalized spacial score (nSPS) is 46.5. The summed E-state index contributed by atoms with van der Waals surface area (Å²) in [5.74, 6) is -0.648. The molecule has 1 amide bonds. The predicted molar refractivity (Wildman–Crippen MR) is 119 cm³/mol. The molecule has 3 rings (SSSR count). The van der Waals surface area contributed by atoms with Crippen molar-refractivity contribution in [2.75, 3.05) is 6.61 Å². The number of carbonyl (C=O) groups is 1. The standard InChI is InChI=1S/C20H35NO16S/c1-6-4-9(37-38(29,30)31)13(25)19(32-6)35-16-10(5-22)34-18(28)11(21-8(3)23)17(16)36-20-15(27)14(26)12(24)7(2)33-20/h6-7,9-20,22,24-28H,4-5H2,1-3H3,(H,21,23)(H,29,30,31)/t6-,7+,9+,10-,11-,12-,13-,14-,15+,16-,17-,18-,19+,20+/m1/s1. The van der Waals surface area contributed by atoms with E-state index in [-0.39, 0.29) is 6.42 Å². The van der Waals surface area contributed by atoms with Gasteiger partial charge in [0.15, 0.2) is 18.9 Å². The highest BCUT2D eigenvalue weighted by atomic mass is 32.3. The van der Waals surface area contributed by atoms with Crippen LogP contribution in [0.4, 0.5) is 0 Å². The SMILES string of the molecule is CC(=O)N[C@@H]1[C@@H](O[C@@H]2O[C@@H](C)[C@@H](O)[C@@H](O)[C@@H]2O)[C@H](O[C@@H]2O[C@H](C)C[C@H](OS(=O)(=O)O)[C@H]2O)[C@@H](CO)O[C@H]1O. The van der Waals surface area contributed by atoms with Gasteiger partial charge in [-0.2, -0.15) is 8.42 Å². The molecule has 8 N–H and O–H groups in total. The van der Waals surface area contributed by atoms with Gasteiger partial charge in [0.25, 0.3) is 0 Å². The lowest BCUT2D eigenvalue weighted by atomic mass is 9.95. The Hall–Kier alpha value is -1.10. The van der Waals surface area contributed by atoms with Gasteiger partial charge in [-0.3, -0.25) is 9.35 Å². The molecule has 18 heteroatoms. The zero-order chi connectivity index (χ0) is 28.5. The maximum atomic E-state index is 11.9. The Kier molecular flexibility index (Phi) is 10.4. The van der Waals surface area contributed by atoms with Gasteiger partial charge in [0.05, 0.1) is 18.8 Å². The van der Waals surface area contributed by atoms with Crippen molar-refractivity contribution in [2.24, 2.45) is 0 Å². The lowest BCUT2D eigenvalue weighted by Crippen LogP contribution is -2.68. The third kappa shape index (κ3) is 7.34. The Morgan fingerprint density at radius 2 is 1.53 bits per heavy atom. The molecule has 0 unspecified atom stereocenters. The number of aliphatic hydroxyl groups excluding tert-OH is 6. The molecule has 0 aromatic heterocycles. The van der Waals surface area contributed by atoms with Crippen molar-refractivity contribution < 1.29 is 76.3 Å². The molecule has 222 valence electrons. The highest BCUT2D eigenvalue weighted by Gasteiger charge is 2.53. The molecule has 3 saturated heterocycles. The van der Waals surface area contributed by atoms with Gasteiger partial charge >= 0.3 is 10.4 Å². The van der Waals surface area contributed by atoms with Gasteiger partial charge in [-0.1, -0.05) is 0 Å².